The van der Waals surface area contributed by atoms with Gasteiger partial charge in [-0.3, -0.25) is 4.79 Å². The molecule has 0 radical (unpaired) electrons. The van der Waals surface area contributed by atoms with Gasteiger partial charge in [0.25, 0.3) is 0 Å². The highest BCUT2D eigenvalue weighted by Gasteiger charge is 2.10. The number of pyridine rings is 1. The Kier molecular flexibility index (Phi) is 5.13. The highest BCUT2D eigenvalue weighted by molar-refractivity contribution is 6.30. The number of fused-ring (bicyclic) bond motifs is 1. The molecule has 0 saturated heterocycles. The molecule has 1 aliphatic rings. The van der Waals surface area contributed by atoms with Crippen LogP contribution in [-0.2, 0) is 24.1 Å². The molecule has 0 aliphatic carbocycles. The molecule has 2 aromatic rings. The summed E-state index contributed by atoms with van der Waals surface area (Å²) in [5, 5.41) is 6.95. The Balaban J connectivity index is 1.47. The van der Waals surface area contributed by atoms with Crippen LogP contribution in [0, 0.1) is 0 Å². The molecule has 1 aromatic carbocycles. The molecule has 1 amide bonds. The largest absolute Gasteiger partial charge is 0.370 e. The van der Waals surface area contributed by atoms with E-state index in [1.807, 2.05) is 12.1 Å². The number of anilines is 1. The molecule has 0 saturated carbocycles. The van der Waals surface area contributed by atoms with E-state index in [1.165, 1.54) is 5.56 Å². The van der Waals surface area contributed by atoms with Crippen LogP contribution in [0.25, 0.3) is 0 Å². The number of aromatic nitrogens is 1. The molecule has 1 aliphatic heterocycles. The van der Waals surface area contributed by atoms with Crippen molar-refractivity contribution >= 4 is 23.3 Å². The number of nitrogens with zero attached hydrogens (tertiary/aromatic N) is 1. The van der Waals surface area contributed by atoms with E-state index in [4.69, 9.17) is 11.6 Å². The van der Waals surface area contributed by atoms with Crippen molar-refractivity contribution < 1.29 is 4.79 Å². The van der Waals surface area contributed by atoms with E-state index < -0.39 is 0 Å². The Labute approximate surface area is 141 Å². The summed E-state index contributed by atoms with van der Waals surface area (Å²) in [6.45, 7) is 1.58. The number of carbonyl (C=O) groups is 1. The van der Waals surface area contributed by atoms with Crippen LogP contribution in [0.3, 0.4) is 0 Å². The average Bonchev–Trinajstić information content (AvgIpc) is 2.57. The molecule has 1 aromatic heterocycles. The van der Waals surface area contributed by atoms with Crippen molar-refractivity contribution in [2.75, 3.05) is 18.4 Å². The summed E-state index contributed by atoms with van der Waals surface area (Å²) in [5.74, 6) is 1.02. The second-order valence-corrected chi connectivity index (χ2v) is 6.18. The standard InChI is InChI=1S/C18H20ClN3O/c19-15-6-3-13(4-7-15)12-17(23)20-11-9-16-8-5-14-2-1-10-21-18(14)22-16/h3-8H,1-2,9-12H2,(H,20,23)(H,21,22). The maximum atomic E-state index is 11.9. The van der Waals surface area contributed by atoms with E-state index in [1.54, 1.807) is 12.1 Å². The summed E-state index contributed by atoms with van der Waals surface area (Å²) in [7, 11) is 0. The number of aryl methyl sites for hydroxylation is 1. The Morgan fingerprint density at radius 2 is 2.04 bits per heavy atom. The minimum atomic E-state index is 0.0170. The Hall–Kier alpha value is -2.07. The fourth-order valence-electron chi connectivity index (χ4n) is 2.69. The van der Waals surface area contributed by atoms with Gasteiger partial charge in [-0.15, -0.1) is 0 Å². The van der Waals surface area contributed by atoms with Crippen LogP contribution in [0.4, 0.5) is 5.82 Å². The van der Waals surface area contributed by atoms with Crippen molar-refractivity contribution in [1.82, 2.24) is 10.3 Å². The lowest BCUT2D eigenvalue weighted by Gasteiger charge is -2.17. The van der Waals surface area contributed by atoms with Gasteiger partial charge in [0.1, 0.15) is 5.82 Å². The molecule has 0 spiro atoms. The first-order chi connectivity index (χ1) is 11.2. The average molecular weight is 330 g/mol. The van der Waals surface area contributed by atoms with Crippen LogP contribution in [0.1, 0.15) is 23.2 Å². The number of rotatable bonds is 5. The van der Waals surface area contributed by atoms with Gasteiger partial charge in [-0.25, -0.2) is 4.98 Å². The van der Waals surface area contributed by atoms with Crippen molar-refractivity contribution in [2.24, 2.45) is 0 Å². The van der Waals surface area contributed by atoms with E-state index in [9.17, 15) is 4.79 Å². The fourth-order valence-corrected chi connectivity index (χ4v) is 2.81. The molecular weight excluding hydrogens is 310 g/mol. The number of hydrogen-bond donors (Lipinski definition) is 2. The molecule has 3 rings (SSSR count). The first kappa shape index (κ1) is 15.8. The zero-order valence-electron chi connectivity index (χ0n) is 12.9. The molecule has 120 valence electrons. The summed E-state index contributed by atoms with van der Waals surface area (Å²) in [6, 6.07) is 11.5. The summed E-state index contributed by atoms with van der Waals surface area (Å²) in [4.78, 5) is 16.6. The lowest BCUT2D eigenvalue weighted by molar-refractivity contribution is -0.120. The van der Waals surface area contributed by atoms with E-state index in [-0.39, 0.29) is 5.91 Å². The van der Waals surface area contributed by atoms with Gasteiger partial charge in [0.15, 0.2) is 0 Å². The number of carbonyl (C=O) groups excluding carboxylic acids is 1. The van der Waals surface area contributed by atoms with Crippen LogP contribution in [0.5, 0.6) is 0 Å². The maximum absolute atomic E-state index is 11.9. The summed E-state index contributed by atoms with van der Waals surface area (Å²) >= 11 is 5.84. The number of amides is 1. The lowest BCUT2D eigenvalue weighted by Crippen LogP contribution is -2.27. The van der Waals surface area contributed by atoms with Crippen molar-refractivity contribution in [3.8, 4) is 0 Å². The highest BCUT2D eigenvalue weighted by atomic mass is 35.5. The Bertz CT molecular complexity index is 685. The number of halogens is 1. The lowest BCUT2D eigenvalue weighted by atomic mass is 10.1. The van der Waals surface area contributed by atoms with Gasteiger partial charge in [-0.05, 0) is 42.2 Å². The highest BCUT2D eigenvalue weighted by Crippen LogP contribution is 2.19. The van der Waals surface area contributed by atoms with Gasteiger partial charge in [0.05, 0.1) is 6.42 Å². The molecule has 0 atom stereocenters. The predicted molar refractivity (Wildman–Crippen MR) is 92.9 cm³/mol. The molecule has 2 heterocycles. The zero-order chi connectivity index (χ0) is 16.1. The van der Waals surface area contributed by atoms with Crippen LogP contribution in [-0.4, -0.2) is 24.0 Å². The summed E-state index contributed by atoms with van der Waals surface area (Å²) in [6.07, 6.45) is 3.36. The minimum absolute atomic E-state index is 0.0170. The van der Waals surface area contributed by atoms with Gasteiger partial charge in [0.2, 0.25) is 5.91 Å². The van der Waals surface area contributed by atoms with Gasteiger partial charge in [-0.1, -0.05) is 29.8 Å². The SMILES string of the molecule is O=C(Cc1ccc(Cl)cc1)NCCc1ccc2c(n1)NCCC2. The maximum Gasteiger partial charge on any atom is 0.224 e. The molecule has 23 heavy (non-hydrogen) atoms. The second kappa shape index (κ2) is 7.47. The third kappa shape index (κ3) is 4.45. The van der Waals surface area contributed by atoms with Crippen LogP contribution < -0.4 is 10.6 Å². The van der Waals surface area contributed by atoms with Gasteiger partial charge in [-0.2, -0.15) is 0 Å². The third-order valence-electron chi connectivity index (χ3n) is 3.93. The van der Waals surface area contributed by atoms with Gasteiger partial charge in [0, 0.05) is 30.2 Å². The quantitative estimate of drug-likeness (QED) is 0.886. The Morgan fingerprint density at radius 1 is 1.22 bits per heavy atom. The molecule has 2 N–H and O–H groups in total. The Morgan fingerprint density at radius 3 is 2.87 bits per heavy atom. The number of nitrogens with one attached hydrogen (secondary N) is 2. The van der Waals surface area contributed by atoms with Crippen LogP contribution >= 0.6 is 11.6 Å². The smallest absolute Gasteiger partial charge is 0.224 e. The summed E-state index contributed by atoms with van der Waals surface area (Å²) < 4.78 is 0. The van der Waals surface area contributed by atoms with E-state index in [0.717, 1.165) is 42.9 Å². The normalized spacial score (nSPS) is 13.1. The first-order valence-corrected chi connectivity index (χ1v) is 8.32. The molecule has 0 fully saturated rings. The fraction of sp³-hybridized carbons (Fsp3) is 0.333. The number of hydrogen-bond acceptors (Lipinski definition) is 3. The van der Waals surface area contributed by atoms with E-state index in [2.05, 4.69) is 27.8 Å². The minimum Gasteiger partial charge on any atom is -0.370 e. The summed E-state index contributed by atoms with van der Waals surface area (Å²) in [5.41, 5.74) is 3.25. The van der Waals surface area contributed by atoms with E-state index in [0.29, 0.717) is 18.0 Å². The molecule has 0 unspecified atom stereocenters. The van der Waals surface area contributed by atoms with Gasteiger partial charge >= 0.3 is 0 Å². The van der Waals surface area contributed by atoms with Crippen LogP contribution in [0.2, 0.25) is 5.02 Å². The van der Waals surface area contributed by atoms with E-state index >= 15 is 0 Å². The van der Waals surface area contributed by atoms with Crippen molar-refractivity contribution in [3.05, 3.63) is 58.2 Å². The van der Waals surface area contributed by atoms with Crippen molar-refractivity contribution in [1.29, 1.82) is 0 Å². The topological polar surface area (TPSA) is 54.0 Å². The van der Waals surface area contributed by atoms with Gasteiger partial charge < -0.3 is 10.6 Å². The molecular formula is C18H20ClN3O. The second-order valence-electron chi connectivity index (χ2n) is 5.74. The molecule has 5 heteroatoms. The zero-order valence-corrected chi connectivity index (χ0v) is 13.7. The van der Waals surface area contributed by atoms with Crippen molar-refractivity contribution in [2.45, 2.75) is 25.7 Å². The number of benzene rings is 1. The van der Waals surface area contributed by atoms with Crippen molar-refractivity contribution in [3.63, 3.8) is 0 Å². The predicted octanol–water partition coefficient (Wildman–Crippen LogP) is 2.99. The third-order valence-corrected chi connectivity index (χ3v) is 4.19. The monoisotopic (exact) mass is 329 g/mol. The van der Waals surface area contributed by atoms with Crippen LogP contribution in [0.15, 0.2) is 36.4 Å². The molecule has 4 nitrogen and oxygen atoms in total. The molecule has 0 bridgehead atoms. The first-order valence-electron chi connectivity index (χ1n) is 7.94.